The topological polar surface area (TPSA) is 57.7 Å². The van der Waals surface area contributed by atoms with Crippen molar-refractivity contribution in [2.24, 2.45) is 0 Å². The molecule has 8 heteroatoms. The SMILES string of the molecule is C=C(Cl)CS(=O)(=O)N1CCN(C(=O)c2ccccc2F)CC1. The van der Waals surface area contributed by atoms with Gasteiger partial charge in [0.25, 0.3) is 5.91 Å². The van der Waals surface area contributed by atoms with E-state index in [1.807, 2.05) is 0 Å². The zero-order chi connectivity index (χ0) is 16.3. The zero-order valence-electron chi connectivity index (χ0n) is 11.8. The number of rotatable bonds is 4. The highest BCUT2D eigenvalue weighted by Crippen LogP contribution is 2.15. The fraction of sp³-hybridized carbons (Fsp3) is 0.357. The van der Waals surface area contributed by atoms with Gasteiger partial charge in [-0.05, 0) is 12.1 Å². The van der Waals surface area contributed by atoms with Crippen molar-refractivity contribution in [1.29, 1.82) is 0 Å². The van der Waals surface area contributed by atoms with Crippen molar-refractivity contribution >= 4 is 27.5 Å². The van der Waals surface area contributed by atoms with Gasteiger partial charge in [0.05, 0.1) is 11.3 Å². The van der Waals surface area contributed by atoms with Crippen molar-refractivity contribution < 1.29 is 17.6 Å². The Kier molecular flexibility index (Phi) is 5.20. The molecule has 0 bridgehead atoms. The number of carbonyl (C=O) groups is 1. The second kappa shape index (κ2) is 6.76. The molecule has 0 aromatic heterocycles. The summed E-state index contributed by atoms with van der Waals surface area (Å²) < 4.78 is 38.9. The molecular formula is C14H16ClFN2O3S. The Bertz CT molecular complexity index is 685. The van der Waals surface area contributed by atoms with Gasteiger partial charge in [-0.15, -0.1) is 0 Å². The standard InChI is InChI=1S/C14H16ClFN2O3S/c1-11(15)10-22(20,21)18-8-6-17(7-9-18)14(19)12-4-2-3-5-13(12)16/h2-5H,1,6-10H2. The quantitative estimate of drug-likeness (QED) is 0.833. The van der Waals surface area contributed by atoms with Gasteiger partial charge in [-0.2, -0.15) is 4.31 Å². The summed E-state index contributed by atoms with van der Waals surface area (Å²) in [6.45, 7) is 4.12. The Hall–Kier alpha value is -1.44. The monoisotopic (exact) mass is 346 g/mol. The second-order valence-electron chi connectivity index (χ2n) is 4.94. The molecule has 1 heterocycles. The van der Waals surface area contributed by atoms with E-state index in [0.29, 0.717) is 0 Å². The lowest BCUT2D eigenvalue weighted by molar-refractivity contribution is 0.0693. The molecule has 0 atom stereocenters. The van der Waals surface area contributed by atoms with Gasteiger partial charge in [-0.25, -0.2) is 12.8 Å². The molecule has 0 radical (unpaired) electrons. The van der Waals surface area contributed by atoms with Crippen molar-refractivity contribution in [2.45, 2.75) is 0 Å². The largest absolute Gasteiger partial charge is 0.336 e. The normalized spacial score (nSPS) is 16.5. The molecule has 1 aliphatic heterocycles. The average Bonchev–Trinajstić information content (AvgIpc) is 2.46. The number of carbonyl (C=O) groups excluding carboxylic acids is 1. The van der Waals surface area contributed by atoms with Crippen LogP contribution in [0.5, 0.6) is 0 Å². The maximum atomic E-state index is 13.6. The van der Waals surface area contributed by atoms with Gasteiger partial charge in [0, 0.05) is 31.2 Å². The maximum Gasteiger partial charge on any atom is 0.256 e. The summed E-state index contributed by atoms with van der Waals surface area (Å²) in [7, 11) is -3.51. The van der Waals surface area contributed by atoms with E-state index in [2.05, 4.69) is 6.58 Å². The number of piperazine rings is 1. The fourth-order valence-electron chi connectivity index (χ4n) is 2.26. The first kappa shape index (κ1) is 16.9. The first-order chi connectivity index (χ1) is 10.3. The Balaban J connectivity index is 2.02. The summed E-state index contributed by atoms with van der Waals surface area (Å²) in [6.07, 6.45) is 0. The predicted molar refractivity (Wildman–Crippen MR) is 82.7 cm³/mol. The van der Waals surface area contributed by atoms with Gasteiger partial charge in [0.1, 0.15) is 5.82 Å². The third kappa shape index (κ3) is 3.85. The first-order valence-electron chi connectivity index (χ1n) is 6.66. The summed E-state index contributed by atoms with van der Waals surface area (Å²) in [5.74, 6) is -1.34. The molecule has 0 aliphatic carbocycles. The molecule has 1 saturated heterocycles. The fourth-order valence-corrected chi connectivity index (χ4v) is 3.98. The summed E-state index contributed by atoms with van der Waals surface area (Å²) >= 11 is 5.55. The molecule has 5 nitrogen and oxygen atoms in total. The Labute approximate surface area is 134 Å². The summed E-state index contributed by atoms with van der Waals surface area (Å²) in [4.78, 5) is 13.7. The van der Waals surface area contributed by atoms with E-state index in [0.717, 1.165) is 0 Å². The lowest BCUT2D eigenvalue weighted by Gasteiger charge is -2.34. The van der Waals surface area contributed by atoms with Crippen LogP contribution in [0.4, 0.5) is 4.39 Å². The molecule has 1 aromatic carbocycles. The highest BCUT2D eigenvalue weighted by molar-refractivity contribution is 7.89. The maximum absolute atomic E-state index is 13.6. The smallest absolute Gasteiger partial charge is 0.256 e. The predicted octanol–water partition coefficient (Wildman–Crippen LogP) is 1.67. The number of sulfonamides is 1. The van der Waals surface area contributed by atoms with Crippen LogP contribution in [0.15, 0.2) is 35.9 Å². The molecule has 1 aliphatic rings. The van der Waals surface area contributed by atoms with Crippen LogP contribution in [-0.2, 0) is 10.0 Å². The third-order valence-electron chi connectivity index (χ3n) is 3.36. The van der Waals surface area contributed by atoms with Crippen LogP contribution in [0, 0.1) is 5.82 Å². The first-order valence-corrected chi connectivity index (χ1v) is 8.65. The van der Waals surface area contributed by atoms with E-state index in [9.17, 15) is 17.6 Å². The molecule has 1 amide bonds. The molecule has 22 heavy (non-hydrogen) atoms. The molecule has 0 spiro atoms. The molecular weight excluding hydrogens is 331 g/mol. The highest BCUT2D eigenvalue weighted by atomic mass is 35.5. The van der Waals surface area contributed by atoms with Crippen molar-refractivity contribution in [3.8, 4) is 0 Å². The molecule has 2 rings (SSSR count). The molecule has 0 N–H and O–H groups in total. The number of nitrogens with zero attached hydrogens (tertiary/aromatic N) is 2. The van der Waals surface area contributed by atoms with Crippen LogP contribution in [0.25, 0.3) is 0 Å². The minimum absolute atomic E-state index is 0.00653. The average molecular weight is 347 g/mol. The summed E-state index contributed by atoms with van der Waals surface area (Å²) in [5.41, 5.74) is -0.00653. The van der Waals surface area contributed by atoms with Gasteiger partial charge in [0.15, 0.2) is 0 Å². The number of amides is 1. The van der Waals surface area contributed by atoms with Crippen molar-refractivity contribution in [1.82, 2.24) is 9.21 Å². The highest BCUT2D eigenvalue weighted by Gasteiger charge is 2.30. The van der Waals surface area contributed by atoms with E-state index in [4.69, 9.17) is 11.6 Å². The van der Waals surface area contributed by atoms with Crippen LogP contribution >= 0.6 is 11.6 Å². The Morgan fingerprint density at radius 1 is 1.23 bits per heavy atom. The lowest BCUT2D eigenvalue weighted by Crippen LogP contribution is -2.51. The van der Waals surface area contributed by atoms with E-state index in [1.54, 1.807) is 6.07 Å². The molecule has 1 aromatic rings. The van der Waals surface area contributed by atoms with E-state index in [-0.39, 0.29) is 42.5 Å². The lowest BCUT2D eigenvalue weighted by atomic mass is 10.1. The minimum atomic E-state index is -3.51. The summed E-state index contributed by atoms with van der Waals surface area (Å²) in [6, 6.07) is 5.73. The summed E-state index contributed by atoms with van der Waals surface area (Å²) in [5, 5.41) is 0.0462. The van der Waals surface area contributed by atoms with Crippen LogP contribution in [0.1, 0.15) is 10.4 Å². The van der Waals surface area contributed by atoms with E-state index in [1.165, 1.54) is 27.4 Å². The zero-order valence-corrected chi connectivity index (χ0v) is 13.4. The van der Waals surface area contributed by atoms with Gasteiger partial charge in [-0.3, -0.25) is 4.79 Å². The third-order valence-corrected chi connectivity index (χ3v) is 5.52. The van der Waals surface area contributed by atoms with Crippen molar-refractivity contribution in [3.63, 3.8) is 0 Å². The molecule has 0 saturated carbocycles. The van der Waals surface area contributed by atoms with Crippen LogP contribution in [0.3, 0.4) is 0 Å². The van der Waals surface area contributed by atoms with E-state index < -0.39 is 21.7 Å². The van der Waals surface area contributed by atoms with Crippen LogP contribution in [-0.4, -0.2) is 55.5 Å². The van der Waals surface area contributed by atoms with E-state index >= 15 is 0 Å². The number of hydrogen-bond donors (Lipinski definition) is 0. The van der Waals surface area contributed by atoms with Gasteiger partial charge in [0.2, 0.25) is 10.0 Å². The molecule has 0 unspecified atom stereocenters. The molecule has 120 valence electrons. The van der Waals surface area contributed by atoms with Crippen LogP contribution in [0.2, 0.25) is 0 Å². The molecule has 1 fully saturated rings. The number of hydrogen-bond acceptors (Lipinski definition) is 3. The number of benzene rings is 1. The van der Waals surface area contributed by atoms with Gasteiger partial charge in [-0.1, -0.05) is 30.3 Å². The number of halogens is 2. The van der Waals surface area contributed by atoms with Gasteiger partial charge < -0.3 is 4.90 Å². The van der Waals surface area contributed by atoms with Crippen molar-refractivity contribution in [3.05, 3.63) is 47.3 Å². The van der Waals surface area contributed by atoms with Gasteiger partial charge >= 0.3 is 0 Å². The second-order valence-corrected chi connectivity index (χ2v) is 7.45. The van der Waals surface area contributed by atoms with Crippen molar-refractivity contribution in [2.75, 3.05) is 31.9 Å². The Morgan fingerprint density at radius 2 is 1.82 bits per heavy atom. The Morgan fingerprint density at radius 3 is 2.36 bits per heavy atom. The minimum Gasteiger partial charge on any atom is -0.336 e. The van der Waals surface area contributed by atoms with Crippen LogP contribution < -0.4 is 0 Å².